The van der Waals surface area contributed by atoms with E-state index in [9.17, 15) is 8.42 Å². The minimum Gasteiger partial charge on any atom is -0.317 e. The molecule has 0 saturated carbocycles. The first-order valence-electron chi connectivity index (χ1n) is 6.55. The average molecular weight is 263 g/mol. The number of piperidine rings is 1. The first kappa shape index (κ1) is 14.9. The molecule has 0 aromatic rings. The highest BCUT2D eigenvalue weighted by Crippen LogP contribution is 2.14. The van der Waals surface area contributed by atoms with E-state index in [0.717, 1.165) is 32.4 Å². The third kappa shape index (κ3) is 4.91. The van der Waals surface area contributed by atoms with Gasteiger partial charge in [0.1, 0.15) is 0 Å². The van der Waals surface area contributed by atoms with E-state index in [1.54, 1.807) is 4.31 Å². The average Bonchev–Trinajstić information content (AvgIpc) is 2.34. The fraction of sp³-hybridized carbons (Fsp3) is 1.00. The molecule has 0 aromatic heterocycles. The molecule has 1 aliphatic heterocycles. The molecule has 0 unspecified atom stereocenters. The summed E-state index contributed by atoms with van der Waals surface area (Å²) in [6, 6.07) is 0. The van der Waals surface area contributed by atoms with Gasteiger partial charge in [-0.3, -0.25) is 0 Å². The van der Waals surface area contributed by atoms with E-state index in [1.807, 2.05) is 13.8 Å². The van der Waals surface area contributed by atoms with Crippen LogP contribution >= 0.6 is 0 Å². The van der Waals surface area contributed by atoms with Crippen molar-refractivity contribution in [1.29, 1.82) is 0 Å². The molecule has 5 nitrogen and oxygen atoms in total. The van der Waals surface area contributed by atoms with Crippen molar-refractivity contribution in [3.05, 3.63) is 0 Å². The van der Waals surface area contributed by atoms with Crippen LogP contribution in [0.4, 0.5) is 0 Å². The lowest BCUT2D eigenvalue weighted by molar-refractivity contribution is 0.292. The van der Waals surface area contributed by atoms with Crippen LogP contribution in [-0.4, -0.2) is 45.4 Å². The van der Waals surface area contributed by atoms with E-state index in [2.05, 4.69) is 10.0 Å². The van der Waals surface area contributed by atoms with Crippen molar-refractivity contribution in [2.75, 3.05) is 32.7 Å². The third-order valence-corrected chi connectivity index (χ3v) is 4.80. The van der Waals surface area contributed by atoms with Crippen LogP contribution < -0.4 is 10.0 Å². The molecule has 2 N–H and O–H groups in total. The molecule has 1 fully saturated rings. The van der Waals surface area contributed by atoms with Crippen LogP contribution in [0.3, 0.4) is 0 Å². The molecule has 0 aromatic carbocycles. The van der Waals surface area contributed by atoms with Crippen LogP contribution in [0.2, 0.25) is 0 Å². The van der Waals surface area contributed by atoms with Gasteiger partial charge in [0.05, 0.1) is 0 Å². The van der Waals surface area contributed by atoms with E-state index < -0.39 is 10.2 Å². The lowest BCUT2D eigenvalue weighted by Gasteiger charge is -2.28. The topological polar surface area (TPSA) is 61.4 Å². The monoisotopic (exact) mass is 263 g/mol. The Balaban J connectivity index is 2.51. The SMILES string of the molecule is CCCNS(=O)(=O)N(CC)CC1CCNCC1. The van der Waals surface area contributed by atoms with Gasteiger partial charge in [0.2, 0.25) is 0 Å². The number of nitrogens with one attached hydrogen (secondary N) is 2. The maximum absolute atomic E-state index is 12.0. The van der Waals surface area contributed by atoms with Crippen molar-refractivity contribution < 1.29 is 8.42 Å². The molecule has 1 aliphatic rings. The molecular weight excluding hydrogens is 238 g/mol. The van der Waals surface area contributed by atoms with Crippen LogP contribution in [0.1, 0.15) is 33.1 Å². The maximum atomic E-state index is 12.0. The maximum Gasteiger partial charge on any atom is 0.279 e. The Bertz CT molecular complexity index is 300. The summed E-state index contributed by atoms with van der Waals surface area (Å²) in [6.45, 7) is 7.58. The minimum absolute atomic E-state index is 0.495. The van der Waals surface area contributed by atoms with Crippen molar-refractivity contribution in [2.24, 2.45) is 5.92 Å². The predicted octanol–water partition coefficient (Wildman–Crippen LogP) is 0.552. The molecule has 0 atom stereocenters. The molecule has 6 heteroatoms. The van der Waals surface area contributed by atoms with Gasteiger partial charge in [-0.25, -0.2) is 4.72 Å². The zero-order valence-electron chi connectivity index (χ0n) is 10.9. The van der Waals surface area contributed by atoms with Crippen molar-refractivity contribution >= 4 is 10.2 Å². The van der Waals surface area contributed by atoms with E-state index in [-0.39, 0.29) is 0 Å². The summed E-state index contributed by atoms with van der Waals surface area (Å²) >= 11 is 0. The Morgan fingerprint density at radius 2 is 1.94 bits per heavy atom. The number of hydrogen-bond donors (Lipinski definition) is 2. The van der Waals surface area contributed by atoms with E-state index in [4.69, 9.17) is 0 Å². The molecule has 0 amide bonds. The summed E-state index contributed by atoms with van der Waals surface area (Å²) in [4.78, 5) is 0. The lowest BCUT2D eigenvalue weighted by atomic mass is 9.98. The molecule has 0 spiro atoms. The van der Waals surface area contributed by atoms with Crippen LogP contribution in [0.25, 0.3) is 0 Å². The lowest BCUT2D eigenvalue weighted by Crippen LogP contribution is -2.44. The molecule has 0 aliphatic carbocycles. The summed E-state index contributed by atoms with van der Waals surface area (Å²) < 4.78 is 28.2. The number of hydrogen-bond acceptors (Lipinski definition) is 3. The molecule has 17 heavy (non-hydrogen) atoms. The molecule has 1 heterocycles. The Kier molecular flexibility index (Phi) is 6.40. The zero-order valence-corrected chi connectivity index (χ0v) is 11.7. The van der Waals surface area contributed by atoms with Gasteiger partial charge in [-0.2, -0.15) is 12.7 Å². The van der Waals surface area contributed by atoms with Gasteiger partial charge < -0.3 is 5.32 Å². The van der Waals surface area contributed by atoms with Gasteiger partial charge in [0, 0.05) is 19.6 Å². The van der Waals surface area contributed by atoms with E-state index >= 15 is 0 Å². The summed E-state index contributed by atoms with van der Waals surface area (Å²) in [5.41, 5.74) is 0. The normalized spacial score (nSPS) is 18.8. The minimum atomic E-state index is -3.27. The standard InChI is InChI=1S/C11H25N3O2S/c1-3-7-13-17(15,16)14(4-2)10-11-5-8-12-9-6-11/h11-13H,3-10H2,1-2H3. The fourth-order valence-corrected chi connectivity index (χ4v) is 3.46. The largest absolute Gasteiger partial charge is 0.317 e. The van der Waals surface area contributed by atoms with Crippen LogP contribution in [0, 0.1) is 5.92 Å². The Labute approximate surface area is 105 Å². The molecule has 1 rings (SSSR count). The van der Waals surface area contributed by atoms with Gasteiger partial charge in [-0.1, -0.05) is 13.8 Å². The molecular formula is C11H25N3O2S. The fourth-order valence-electron chi connectivity index (χ4n) is 2.07. The second-order valence-electron chi connectivity index (χ2n) is 4.54. The van der Waals surface area contributed by atoms with Crippen molar-refractivity contribution in [3.8, 4) is 0 Å². The van der Waals surface area contributed by atoms with Gasteiger partial charge in [-0.15, -0.1) is 0 Å². The summed E-state index contributed by atoms with van der Waals surface area (Å²) in [5.74, 6) is 0.495. The quantitative estimate of drug-likeness (QED) is 0.705. The highest BCUT2D eigenvalue weighted by Gasteiger charge is 2.24. The van der Waals surface area contributed by atoms with Gasteiger partial charge in [-0.05, 0) is 38.3 Å². The highest BCUT2D eigenvalue weighted by atomic mass is 32.2. The second kappa shape index (κ2) is 7.31. The van der Waals surface area contributed by atoms with E-state index in [0.29, 0.717) is 25.6 Å². The second-order valence-corrected chi connectivity index (χ2v) is 6.30. The van der Waals surface area contributed by atoms with Gasteiger partial charge in [0.15, 0.2) is 0 Å². The summed E-state index contributed by atoms with van der Waals surface area (Å²) in [7, 11) is -3.27. The smallest absolute Gasteiger partial charge is 0.279 e. The molecule has 102 valence electrons. The van der Waals surface area contributed by atoms with E-state index in [1.165, 1.54) is 0 Å². The zero-order chi connectivity index (χ0) is 12.7. The van der Waals surface area contributed by atoms with Crippen molar-refractivity contribution in [2.45, 2.75) is 33.1 Å². The summed E-state index contributed by atoms with van der Waals surface area (Å²) in [5, 5.41) is 3.30. The van der Waals surface area contributed by atoms with Crippen molar-refractivity contribution in [1.82, 2.24) is 14.3 Å². The first-order valence-corrected chi connectivity index (χ1v) is 7.99. The Hall–Kier alpha value is -0.170. The number of rotatable bonds is 7. The van der Waals surface area contributed by atoms with Crippen molar-refractivity contribution in [3.63, 3.8) is 0 Å². The van der Waals surface area contributed by atoms with Gasteiger partial charge in [0.25, 0.3) is 10.2 Å². The predicted molar refractivity (Wildman–Crippen MR) is 70.1 cm³/mol. The first-order chi connectivity index (χ1) is 8.10. The van der Waals surface area contributed by atoms with Crippen LogP contribution in [-0.2, 0) is 10.2 Å². The third-order valence-electron chi connectivity index (χ3n) is 3.15. The molecule has 1 saturated heterocycles. The highest BCUT2D eigenvalue weighted by molar-refractivity contribution is 7.87. The van der Waals surface area contributed by atoms with Gasteiger partial charge >= 0.3 is 0 Å². The molecule has 0 bridgehead atoms. The Morgan fingerprint density at radius 3 is 2.47 bits per heavy atom. The van der Waals surface area contributed by atoms with Crippen LogP contribution in [0.15, 0.2) is 0 Å². The number of nitrogens with zero attached hydrogens (tertiary/aromatic N) is 1. The molecule has 0 radical (unpaired) electrons. The summed E-state index contributed by atoms with van der Waals surface area (Å²) in [6.07, 6.45) is 2.96. The Morgan fingerprint density at radius 1 is 1.29 bits per heavy atom. The van der Waals surface area contributed by atoms with Crippen LogP contribution in [0.5, 0.6) is 0 Å².